The summed E-state index contributed by atoms with van der Waals surface area (Å²) in [6, 6.07) is 17.6. The molecule has 1 heterocycles. The third kappa shape index (κ3) is 3.17. The van der Waals surface area contributed by atoms with Crippen LogP contribution in [0, 0.1) is 0 Å². The number of benzene rings is 3. The average Bonchev–Trinajstić information content (AvgIpc) is 2.96. The van der Waals surface area contributed by atoms with Crippen molar-refractivity contribution in [3.63, 3.8) is 0 Å². The molecule has 3 aromatic rings. The van der Waals surface area contributed by atoms with Crippen LogP contribution in [0.4, 0.5) is 5.69 Å². The van der Waals surface area contributed by atoms with Crippen LogP contribution in [0.5, 0.6) is 5.75 Å². The average molecular weight is 381 g/mol. The van der Waals surface area contributed by atoms with Gasteiger partial charge in [0.05, 0.1) is 0 Å². The Hall–Kier alpha value is -2.86. The highest BCUT2D eigenvalue weighted by Crippen LogP contribution is 2.34. The van der Waals surface area contributed by atoms with Gasteiger partial charge in [0, 0.05) is 18.7 Å². The van der Waals surface area contributed by atoms with Crippen LogP contribution in [0.2, 0.25) is 0 Å². The van der Waals surface area contributed by atoms with E-state index in [1.54, 1.807) is 29.2 Å². The summed E-state index contributed by atoms with van der Waals surface area (Å²) in [5.41, 5.74) is 1.60. The maximum atomic E-state index is 12.7. The molecule has 5 nitrogen and oxygen atoms in total. The number of fused-ring (bicyclic) bond motifs is 2. The number of anilines is 1. The first-order chi connectivity index (χ1) is 12.8. The summed E-state index contributed by atoms with van der Waals surface area (Å²) in [7, 11) is -3.96. The molecule has 0 saturated heterocycles. The Labute approximate surface area is 158 Å². The van der Waals surface area contributed by atoms with E-state index in [1.165, 1.54) is 13.0 Å². The van der Waals surface area contributed by atoms with Gasteiger partial charge < -0.3 is 9.08 Å². The standard InChI is InChI=1S/C21H19NO4S/c1-14-11-18-13-20(9-10-21(18)22(14)15(2)23)27(24,25)26-19-8-7-16-5-3-4-6-17(16)12-19/h3-10,12-14H,11H2,1-2H3. The monoisotopic (exact) mass is 381 g/mol. The predicted molar refractivity (Wildman–Crippen MR) is 105 cm³/mol. The van der Waals surface area contributed by atoms with Gasteiger partial charge in [0.15, 0.2) is 0 Å². The Bertz CT molecular complexity index is 1150. The first kappa shape index (κ1) is 17.5. The minimum absolute atomic E-state index is 0.0110. The van der Waals surface area contributed by atoms with Crippen LogP contribution in [0.3, 0.4) is 0 Å². The Morgan fingerprint density at radius 2 is 1.78 bits per heavy atom. The minimum atomic E-state index is -3.96. The summed E-state index contributed by atoms with van der Waals surface area (Å²) in [6.45, 7) is 3.46. The highest BCUT2D eigenvalue weighted by molar-refractivity contribution is 7.87. The van der Waals surface area contributed by atoms with Crippen molar-refractivity contribution in [3.05, 3.63) is 66.2 Å². The summed E-state index contributed by atoms with van der Waals surface area (Å²) in [5.74, 6) is 0.220. The van der Waals surface area contributed by atoms with Gasteiger partial charge in [-0.3, -0.25) is 4.79 Å². The van der Waals surface area contributed by atoms with Gasteiger partial charge in [-0.15, -0.1) is 0 Å². The number of hydrogen-bond acceptors (Lipinski definition) is 4. The van der Waals surface area contributed by atoms with Crippen LogP contribution < -0.4 is 9.08 Å². The van der Waals surface area contributed by atoms with Gasteiger partial charge in [-0.05, 0) is 60.0 Å². The lowest BCUT2D eigenvalue weighted by atomic mass is 10.1. The van der Waals surface area contributed by atoms with Crippen molar-refractivity contribution in [1.82, 2.24) is 0 Å². The Balaban J connectivity index is 1.66. The van der Waals surface area contributed by atoms with Crippen LogP contribution in [0.15, 0.2) is 65.6 Å². The molecule has 4 rings (SSSR count). The molecule has 1 aliphatic heterocycles. The molecule has 0 N–H and O–H groups in total. The normalized spacial score (nSPS) is 16.4. The molecule has 0 aromatic heterocycles. The van der Waals surface area contributed by atoms with Gasteiger partial charge in [0.1, 0.15) is 10.6 Å². The summed E-state index contributed by atoms with van der Waals surface area (Å²) in [6.07, 6.45) is 0.619. The van der Waals surface area contributed by atoms with Gasteiger partial charge >= 0.3 is 10.1 Å². The summed E-state index contributed by atoms with van der Waals surface area (Å²) >= 11 is 0. The molecule has 1 amide bonds. The third-order valence-electron chi connectivity index (χ3n) is 4.82. The van der Waals surface area contributed by atoms with Crippen molar-refractivity contribution in [2.24, 2.45) is 0 Å². The van der Waals surface area contributed by atoms with E-state index in [4.69, 9.17) is 4.18 Å². The molecular weight excluding hydrogens is 362 g/mol. The zero-order valence-electron chi connectivity index (χ0n) is 15.0. The second-order valence-corrected chi connectivity index (χ2v) is 8.33. The number of amides is 1. The van der Waals surface area contributed by atoms with E-state index in [-0.39, 0.29) is 22.6 Å². The van der Waals surface area contributed by atoms with Crippen LogP contribution in [0.25, 0.3) is 10.8 Å². The fourth-order valence-corrected chi connectivity index (χ4v) is 4.61. The molecular formula is C21H19NO4S. The number of carbonyl (C=O) groups is 1. The number of hydrogen-bond donors (Lipinski definition) is 0. The minimum Gasteiger partial charge on any atom is -0.379 e. The van der Waals surface area contributed by atoms with Gasteiger partial charge in [-0.2, -0.15) is 8.42 Å². The van der Waals surface area contributed by atoms with Crippen LogP contribution in [-0.4, -0.2) is 20.4 Å². The summed E-state index contributed by atoms with van der Waals surface area (Å²) in [4.78, 5) is 13.6. The molecule has 6 heteroatoms. The topological polar surface area (TPSA) is 63.7 Å². The number of carbonyl (C=O) groups excluding carboxylic acids is 1. The quantitative estimate of drug-likeness (QED) is 0.646. The van der Waals surface area contributed by atoms with Gasteiger partial charge in [-0.25, -0.2) is 0 Å². The Morgan fingerprint density at radius 3 is 2.52 bits per heavy atom. The molecule has 0 radical (unpaired) electrons. The molecule has 1 unspecified atom stereocenters. The zero-order chi connectivity index (χ0) is 19.2. The molecule has 27 heavy (non-hydrogen) atoms. The highest BCUT2D eigenvalue weighted by Gasteiger charge is 2.30. The SMILES string of the molecule is CC(=O)N1c2ccc(S(=O)(=O)Oc3ccc4ccccc4c3)cc2CC1C. The van der Waals surface area contributed by atoms with Crippen molar-refractivity contribution in [2.75, 3.05) is 4.90 Å². The maximum Gasteiger partial charge on any atom is 0.339 e. The third-order valence-corrected chi connectivity index (χ3v) is 6.06. The van der Waals surface area contributed by atoms with Crippen LogP contribution in [-0.2, 0) is 21.3 Å². The van der Waals surface area contributed by atoms with Gasteiger partial charge in [0.2, 0.25) is 5.91 Å². The van der Waals surface area contributed by atoms with E-state index in [0.29, 0.717) is 6.42 Å². The van der Waals surface area contributed by atoms with Crippen molar-refractivity contribution >= 4 is 32.5 Å². The zero-order valence-corrected chi connectivity index (χ0v) is 15.9. The molecule has 0 bridgehead atoms. The van der Waals surface area contributed by atoms with E-state index < -0.39 is 10.1 Å². The molecule has 138 valence electrons. The van der Waals surface area contributed by atoms with Crippen LogP contribution in [0.1, 0.15) is 19.4 Å². The molecule has 0 aliphatic carbocycles. The van der Waals surface area contributed by atoms with E-state index >= 15 is 0 Å². The molecule has 0 fully saturated rings. The first-order valence-electron chi connectivity index (χ1n) is 8.71. The lowest BCUT2D eigenvalue weighted by molar-refractivity contribution is -0.116. The first-order valence-corrected chi connectivity index (χ1v) is 10.1. The largest absolute Gasteiger partial charge is 0.379 e. The van der Waals surface area contributed by atoms with Crippen molar-refractivity contribution in [2.45, 2.75) is 31.2 Å². The van der Waals surface area contributed by atoms with Gasteiger partial charge in [-0.1, -0.05) is 30.3 Å². The fourth-order valence-electron chi connectivity index (χ4n) is 3.64. The summed E-state index contributed by atoms with van der Waals surface area (Å²) in [5, 5.41) is 1.92. The van der Waals surface area contributed by atoms with E-state index in [2.05, 4.69) is 0 Å². The van der Waals surface area contributed by atoms with E-state index in [9.17, 15) is 13.2 Å². The van der Waals surface area contributed by atoms with E-state index in [0.717, 1.165) is 22.0 Å². The maximum absolute atomic E-state index is 12.7. The lowest BCUT2D eigenvalue weighted by Crippen LogP contribution is -2.33. The predicted octanol–water partition coefficient (Wildman–Crippen LogP) is 3.91. The molecule has 3 aromatic carbocycles. The Morgan fingerprint density at radius 1 is 1.04 bits per heavy atom. The second kappa shape index (κ2) is 6.39. The second-order valence-electron chi connectivity index (χ2n) is 6.78. The smallest absolute Gasteiger partial charge is 0.339 e. The lowest BCUT2D eigenvalue weighted by Gasteiger charge is -2.20. The van der Waals surface area contributed by atoms with Crippen molar-refractivity contribution in [1.29, 1.82) is 0 Å². The van der Waals surface area contributed by atoms with Crippen molar-refractivity contribution < 1.29 is 17.4 Å². The van der Waals surface area contributed by atoms with E-state index in [1.807, 2.05) is 37.3 Å². The number of nitrogens with zero attached hydrogens (tertiary/aromatic N) is 1. The molecule has 0 saturated carbocycles. The number of rotatable bonds is 3. The molecule has 1 aliphatic rings. The van der Waals surface area contributed by atoms with Crippen molar-refractivity contribution in [3.8, 4) is 5.75 Å². The van der Waals surface area contributed by atoms with Gasteiger partial charge in [0.25, 0.3) is 0 Å². The molecule has 1 atom stereocenters. The summed E-state index contributed by atoms with van der Waals surface area (Å²) < 4.78 is 30.8. The van der Waals surface area contributed by atoms with Crippen LogP contribution >= 0.6 is 0 Å². The Kier molecular flexibility index (Phi) is 4.15. The fraction of sp³-hybridized carbons (Fsp3) is 0.190. The molecule has 0 spiro atoms. The highest BCUT2D eigenvalue weighted by atomic mass is 32.2.